The third-order valence-corrected chi connectivity index (χ3v) is 4.42. The van der Waals surface area contributed by atoms with E-state index in [1.165, 1.54) is 11.1 Å². The van der Waals surface area contributed by atoms with Crippen LogP contribution in [0.5, 0.6) is 11.5 Å². The number of hydrogen-bond donors (Lipinski definition) is 2. The summed E-state index contributed by atoms with van der Waals surface area (Å²) in [5, 5.41) is 2.39. The fourth-order valence-corrected chi connectivity index (χ4v) is 3.34. The number of quaternary nitrogens is 2. The van der Waals surface area contributed by atoms with E-state index in [0.717, 1.165) is 50.9 Å². The van der Waals surface area contributed by atoms with Crippen molar-refractivity contribution in [2.75, 3.05) is 47.1 Å². The van der Waals surface area contributed by atoms with Gasteiger partial charge in [-0.2, -0.15) is 0 Å². The highest BCUT2D eigenvalue weighted by atomic mass is 16.5. The summed E-state index contributed by atoms with van der Waals surface area (Å²) in [7, 11) is 3.40. The number of benzene rings is 1. The summed E-state index contributed by atoms with van der Waals surface area (Å²) in [6.45, 7) is 6.08. The Morgan fingerprint density at radius 2 is 1.85 bits per heavy atom. The maximum atomic E-state index is 5.48. The molecule has 3 rings (SSSR count). The van der Waals surface area contributed by atoms with Gasteiger partial charge in [0.1, 0.15) is 26.2 Å². The topological polar surface area (TPSA) is 48.7 Å². The van der Waals surface area contributed by atoms with E-state index in [2.05, 4.69) is 17.4 Å². The molecule has 1 atom stereocenters. The molecule has 1 aromatic carbocycles. The molecule has 5 heteroatoms. The number of ether oxygens (including phenoxy) is 3. The summed E-state index contributed by atoms with van der Waals surface area (Å²) < 4.78 is 16.4. The maximum Gasteiger partial charge on any atom is 0.163 e. The fraction of sp³-hybridized carbons (Fsp3) is 0.600. The molecule has 2 heterocycles. The second-order valence-corrected chi connectivity index (χ2v) is 5.46. The molecule has 0 spiro atoms. The van der Waals surface area contributed by atoms with Crippen molar-refractivity contribution in [3.8, 4) is 11.5 Å². The quantitative estimate of drug-likeness (QED) is 0.726. The molecule has 1 saturated heterocycles. The zero-order valence-corrected chi connectivity index (χ0v) is 12.3. The molecule has 20 heavy (non-hydrogen) atoms. The SMILES string of the molecule is COc1cc2c(cc1OC)[C@@H]([NH+]1CCOCC1)C[NH2+]C2. The molecule has 1 fully saturated rings. The average molecular weight is 280 g/mol. The summed E-state index contributed by atoms with van der Waals surface area (Å²) in [5.41, 5.74) is 2.79. The first-order valence-corrected chi connectivity index (χ1v) is 7.32. The molecule has 2 aliphatic heterocycles. The van der Waals surface area contributed by atoms with E-state index in [1.54, 1.807) is 19.1 Å². The number of nitrogens with two attached hydrogens (primary N) is 1. The van der Waals surface area contributed by atoms with Gasteiger partial charge in [0.05, 0.1) is 27.4 Å². The summed E-state index contributed by atoms with van der Waals surface area (Å²) in [6, 6.07) is 4.84. The summed E-state index contributed by atoms with van der Waals surface area (Å²) in [6.07, 6.45) is 0. The van der Waals surface area contributed by atoms with Crippen LogP contribution in [0.3, 0.4) is 0 Å². The number of hydrogen-bond acceptors (Lipinski definition) is 3. The maximum absolute atomic E-state index is 5.48. The molecule has 0 amide bonds. The Hall–Kier alpha value is -1.30. The van der Waals surface area contributed by atoms with Crippen LogP contribution in [0.2, 0.25) is 0 Å². The average Bonchev–Trinajstić information content (AvgIpc) is 2.53. The van der Waals surface area contributed by atoms with Gasteiger partial charge in [-0.05, 0) is 12.1 Å². The molecule has 0 bridgehead atoms. The van der Waals surface area contributed by atoms with E-state index < -0.39 is 0 Å². The van der Waals surface area contributed by atoms with Crippen LogP contribution >= 0.6 is 0 Å². The normalized spacial score (nSPS) is 23.2. The van der Waals surface area contributed by atoms with Gasteiger partial charge in [-0.3, -0.25) is 0 Å². The van der Waals surface area contributed by atoms with Gasteiger partial charge in [0.2, 0.25) is 0 Å². The first-order chi connectivity index (χ1) is 9.83. The summed E-state index contributed by atoms with van der Waals surface area (Å²) in [4.78, 5) is 1.63. The van der Waals surface area contributed by atoms with Gasteiger partial charge >= 0.3 is 0 Å². The number of nitrogens with one attached hydrogen (secondary N) is 1. The highest BCUT2D eigenvalue weighted by Gasteiger charge is 2.33. The summed E-state index contributed by atoms with van der Waals surface area (Å²) in [5.74, 6) is 1.67. The minimum atomic E-state index is 0.530. The second kappa shape index (κ2) is 5.99. The molecule has 0 saturated carbocycles. The number of rotatable bonds is 3. The molecule has 3 N–H and O–H groups in total. The van der Waals surface area contributed by atoms with Gasteiger partial charge in [-0.15, -0.1) is 0 Å². The van der Waals surface area contributed by atoms with E-state index in [4.69, 9.17) is 14.2 Å². The number of morpholine rings is 1. The van der Waals surface area contributed by atoms with E-state index in [0.29, 0.717) is 6.04 Å². The molecular formula is C15H24N2O3+2. The minimum absolute atomic E-state index is 0.530. The first-order valence-electron chi connectivity index (χ1n) is 7.32. The van der Waals surface area contributed by atoms with Crippen LogP contribution in [0.4, 0.5) is 0 Å². The Labute approximate surface area is 119 Å². The predicted octanol–water partition coefficient (Wildman–Crippen LogP) is -1.26. The molecule has 5 nitrogen and oxygen atoms in total. The van der Waals surface area contributed by atoms with E-state index in [1.807, 2.05) is 0 Å². The van der Waals surface area contributed by atoms with Gasteiger partial charge in [-0.25, -0.2) is 0 Å². The van der Waals surface area contributed by atoms with Crippen LogP contribution in [0, 0.1) is 0 Å². The van der Waals surface area contributed by atoms with Crippen molar-refractivity contribution < 1.29 is 24.4 Å². The van der Waals surface area contributed by atoms with Crippen molar-refractivity contribution in [3.05, 3.63) is 23.3 Å². The molecule has 110 valence electrons. The standard InChI is InChI=1S/C15H22N2O3/c1-18-14-7-11-9-16-10-13(12(11)8-15(14)19-2)17-3-5-20-6-4-17/h7-8,13,16H,3-6,9-10H2,1-2H3/p+2/t13-/m0/s1. The highest BCUT2D eigenvalue weighted by Crippen LogP contribution is 2.33. The van der Waals surface area contributed by atoms with Gasteiger partial charge < -0.3 is 24.4 Å². The largest absolute Gasteiger partial charge is 0.493 e. The van der Waals surface area contributed by atoms with Crippen molar-refractivity contribution >= 4 is 0 Å². The third kappa shape index (κ3) is 2.49. The summed E-state index contributed by atoms with van der Waals surface area (Å²) >= 11 is 0. The van der Waals surface area contributed by atoms with Crippen LogP contribution in [-0.2, 0) is 11.3 Å². The Morgan fingerprint density at radius 3 is 2.55 bits per heavy atom. The molecule has 0 aliphatic carbocycles. The van der Waals surface area contributed by atoms with Crippen molar-refractivity contribution in [1.82, 2.24) is 0 Å². The van der Waals surface area contributed by atoms with Crippen molar-refractivity contribution in [2.45, 2.75) is 12.6 Å². The van der Waals surface area contributed by atoms with Crippen LogP contribution < -0.4 is 19.7 Å². The van der Waals surface area contributed by atoms with Gasteiger partial charge in [0, 0.05) is 11.1 Å². The number of methoxy groups -OCH3 is 2. The van der Waals surface area contributed by atoms with Crippen molar-refractivity contribution in [1.29, 1.82) is 0 Å². The fourth-order valence-electron chi connectivity index (χ4n) is 3.34. The van der Waals surface area contributed by atoms with Crippen LogP contribution in [-0.4, -0.2) is 47.1 Å². The molecular weight excluding hydrogens is 256 g/mol. The van der Waals surface area contributed by atoms with Crippen LogP contribution in [0.15, 0.2) is 12.1 Å². The lowest BCUT2D eigenvalue weighted by atomic mass is 9.94. The van der Waals surface area contributed by atoms with Gasteiger partial charge in [-0.1, -0.05) is 0 Å². The third-order valence-electron chi connectivity index (χ3n) is 4.42. The Kier molecular flexibility index (Phi) is 4.10. The highest BCUT2D eigenvalue weighted by molar-refractivity contribution is 5.48. The minimum Gasteiger partial charge on any atom is -0.493 e. The lowest BCUT2D eigenvalue weighted by molar-refractivity contribution is -0.954. The lowest BCUT2D eigenvalue weighted by Gasteiger charge is -2.34. The second-order valence-electron chi connectivity index (χ2n) is 5.46. The molecule has 0 radical (unpaired) electrons. The Balaban J connectivity index is 1.94. The Morgan fingerprint density at radius 1 is 1.15 bits per heavy atom. The zero-order valence-electron chi connectivity index (χ0n) is 12.3. The first kappa shape index (κ1) is 13.7. The van der Waals surface area contributed by atoms with E-state index >= 15 is 0 Å². The lowest BCUT2D eigenvalue weighted by Crippen LogP contribution is -3.17. The van der Waals surface area contributed by atoms with E-state index in [-0.39, 0.29) is 0 Å². The molecule has 1 aromatic rings. The molecule has 2 aliphatic rings. The van der Waals surface area contributed by atoms with E-state index in [9.17, 15) is 0 Å². The van der Waals surface area contributed by atoms with Crippen molar-refractivity contribution in [2.24, 2.45) is 0 Å². The zero-order chi connectivity index (χ0) is 13.9. The van der Waals surface area contributed by atoms with Crippen LogP contribution in [0.1, 0.15) is 17.2 Å². The monoisotopic (exact) mass is 280 g/mol. The molecule has 0 aromatic heterocycles. The van der Waals surface area contributed by atoms with Crippen molar-refractivity contribution in [3.63, 3.8) is 0 Å². The smallest absolute Gasteiger partial charge is 0.163 e. The number of fused-ring (bicyclic) bond motifs is 1. The Bertz CT molecular complexity index is 472. The predicted molar refractivity (Wildman–Crippen MR) is 74.3 cm³/mol. The molecule has 0 unspecified atom stereocenters. The van der Waals surface area contributed by atoms with Gasteiger partial charge in [0.15, 0.2) is 17.5 Å². The van der Waals surface area contributed by atoms with Crippen LogP contribution in [0.25, 0.3) is 0 Å². The van der Waals surface area contributed by atoms with Gasteiger partial charge in [0.25, 0.3) is 0 Å².